The van der Waals surface area contributed by atoms with Crippen LogP contribution >= 0.6 is 15.9 Å². The average Bonchev–Trinajstić information content (AvgIpc) is 2.76. The molecule has 3 rings (SSSR count). The minimum atomic E-state index is -0.210. The van der Waals surface area contributed by atoms with Gasteiger partial charge in [-0.05, 0) is 42.8 Å². The smallest absolute Gasteiger partial charge is 0.123 e. The Balaban J connectivity index is 0.00000176. The fourth-order valence-electron chi connectivity index (χ4n) is 2.72. The highest BCUT2D eigenvalue weighted by molar-refractivity contribution is 9.10. The summed E-state index contributed by atoms with van der Waals surface area (Å²) in [6.45, 7) is 2.08. The normalized spacial score (nSPS) is 12.2. The largest absolute Gasteiger partial charge is 1.00 e. The van der Waals surface area contributed by atoms with Crippen molar-refractivity contribution in [3.63, 3.8) is 0 Å². The van der Waals surface area contributed by atoms with Gasteiger partial charge in [0.25, 0.3) is 0 Å². The van der Waals surface area contributed by atoms with Crippen molar-refractivity contribution in [2.75, 3.05) is 0 Å². The van der Waals surface area contributed by atoms with Gasteiger partial charge in [-0.3, -0.25) is 0 Å². The lowest BCUT2D eigenvalue weighted by molar-refractivity contribution is -0.426. The van der Waals surface area contributed by atoms with Crippen molar-refractivity contribution in [1.82, 2.24) is 4.98 Å². The van der Waals surface area contributed by atoms with Crippen LogP contribution in [0.25, 0.3) is 10.9 Å². The Labute approximate surface area is 143 Å². The van der Waals surface area contributed by atoms with E-state index in [9.17, 15) is 4.39 Å². The van der Waals surface area contributed by atoms with E-state index < -0.39 is 0 Å². The molecule has 0 fully saturated rings. The van der Waals surface area contributed by atoms with Crippen LogP contribution in [0.2, 0.25) is 0 Å². The van der Waals surface area contributed by atoms with Gasteiger partial charge in [0.05, 0.1) is 0 Å². The summed E-state index contributed by atoms with van der Waals surface area (Å²) < 4.78 is 14.1. The number of rotatable bonds is 3. The summed E-state index contributed by atoms with van der Waals surface area (Å²) in [6.07, 6.45) is 0.827. The van der Waals surface area contributed by atoms with Crippen molar-refractivity contribution in [2.45, 2.75) is 19.4 Å². The van der Waals surface area contributed by atoms with Gasteiger partial charge in [-0.25, -0.2) is 4.39 Å². The van der Waals surface area contributed by atoms with Crippen LogP contribution in [-0.2, 0) is 6.42 Å². The van der Waals surface area contributed by atoms with Crippen LogP contribution in [-0.4, -0.2) is 4.98 Å². The van der Waals surface area contributed by atoms with E-state index in [1.54, 1.807) is 0 Å². The summed E-state index contributed by atoms with van der Waals surface area (Å²) >= 11 is 3.52. The van der Waals surface area contributed by atoms with E-state index in [0.29, 0.717) is 0 Å². The summed E-state index contributed by atoms with van der Waals surface area (Å²) in [5.41, 5.74) is 8.87. The third-order valence-corrected chi connectivity index (χ3v) is 4.37. The number of aromatic nitrogens is 1. The summed E-state index contributed by atoms with van der Waals surface area (Å²) in [4.78, 5) is 3.41. The summed E-state index contributed by atoms with van der Waals surface area (Å²) in [6, 6.07) is 12.9. The fraction of sp³-hybridized carbons (Fsp3) is 0.176. The first kappa shape index (κ1) is 17.0. The van der Waals surface area contributed by atoms with Gasteiger partial charge in [-0.2, -0.15) is 0 Å². The van der Waals surface area contributed by atoms with Crippen LogP contribution in [0.3, 0.4) is 0 Å². The Hall–Kier alpha value is -1.36. The third kappa shape index (κ3) is 3.35. The van der Waals surface area contributed by atoms with E-state index in [0.717, 1.165) is 22.0 Å². The van der Waals surface area contributed by atoms with Crippen LogP contribution in [0.5, 0.6) is 0 Å². The van der Waals surface area contributed by atoms with Gasteiger partial charge in [-0.1, -0.05) is 28.1 Å². The number of aromatic amines is 1. The van der Waals surface area contributed by atoms with E-state index in [1.807, 2.05) is 18.2 Å². The lowest BCUT2D eigenvalue weighted by Crippen LogP contribution is -3.00. The molecule has 5 heteroatoms. The highest BCUT2D eigenvalue weighted by Gasteiger charge is 2.16. The van der Waals surface area contributed by atoms with Gasteiger partial charge in [0.15, 0.2) is 0 Å². The molecule has 1 heterocycles. The van der Waals surface area contributed by atoms with Crippen molar-refractivity contribution in [3.8, 4) is 0 Å². The molecule has 2 aromatic carbocycles. The van der Waals surface area contributed by atoms with E-state index in [1.165, 1.54) is 28.8 Å². The molecule has 0 saturated carbocycles. The van der Waals surface area contributed by atoms with Gasteiger partial charge in [0, 0.05) is 33.1 Å². The van der Waals surface area contributed by atoms with Crippen LogP contribution < -0.4 is 18.1 Å². The van der Waals surface area contributed by atoms with Crippen LogP contribution in [0.1, 0.15) is 22.9 Å². The molecule has 0 amide bonds. The Morgan fingerprint density at radius 2 is 1.86 bits per heavy atom. The van der Waals surface area contributed by atoms with Crippen LogP contribution in [0, 0.1) is 12.7 Å². The van der Waals surface area contributed by atoms with Crippen molar-refractivity contribution >= 4 is 26.8 Å². The Bertz CT molecular complexity index is 783. The lowest BCUT2D eigenvalue weighted by atomic mass is 9.98. The van der Waals surface area contributed by atoms with Crippen molar-refractivity contribution in [1.29, 1.82) is 0 Å². The number of benzene rings is 2. The number of H-pyrrole nitrogens is 1. The molecule has 0 aliphatic heterocycles. The van der Waals surface area contributed by atoms with E-state index >= 15 is 0 Å². The Morgan fingerprint density at radius 1 is 1.18 bits per heavy atom. The molecule has 0 bridgehead atoms. The van der Waals surface area contributed by atoms with E-state index in [2.05, 4.69) is 45.7 Å². The lowest BCUT2D eigenvalue weighted by Gasteiger charge is -2.09. The molecule has 4 N–H and O–H groups in total. The fourth-order valence-corrected chi connectivity index (χ4v) is 3.08. The minimum absolute atomic E-state index is 0. The zero-order valence-electron chi connectivity index (χ0n) is 12.2. The first-order valence-electron chi connectivity index (χ1n) is 6.90. The molecule has 2 nitrogen and oxygen atoms in total. The predicted octanol–water partition coefficient (Wildman–Crippen LogP) is 0.908. The zero-order valence-corrected chi connectivity index (χ0v) is 14.5. The van der Waals surface area contributed by atoms with Gasteiger partial charge in [-0.15, -0.1) is 0 Å². The molecule has 22 heavy (non-hydrogen) atoms. The molecule has 116 valence electrons. The maximum atomic E-state index is 13.0. The Kier molecular flexibility index (Phi) is 5.27. The molecular weight excluding hydrogens is 367 g/mol. The molecule has 0 aliphatic carbocycles. The molecule has 1 unspecified atom stereocenters. The number of aryl methyl sites for hydroxylation is 1. The highest BCUT2D eigenvalue weighted by atomic mass is 79.9. The number of fused-ring (bicyclic) bond motifs is 1. The minimum Gasteiger partial charge on any atom is -1.00 e. The van der Waals surface area contributed by atoms with Crippen LogP contribution in [0.15, 0.2) is 46.9 Å². The number of halogens is 3. The van der Waals surface area contributed by atoms with Crippen molar-refractivity contribution < 1.29 is 22.5 Å². The number of hydrogen-bond donors (Lipinski definition) is 2. The third-order valence-electron chi connectivity index (χ3n) is 3.87. The predicted molar refractivity (Wildman–Crippen MR) is 86.5 cm³/mol. The molecule has 1 atom stereocenters. The maximum absolute atomic E-state index is 13.0. The maximum Gasteiger partial charge on any atom is 0.123 e. The molecule has 0 saturated heterocycles. The first-order chi connectivity index (χ1) is 10.0. The molecule has 0 spiro atoms. The van der Waals surface area contributed by atoms with E-state index in [4.69, 9.17) is 0 Å². The second kappa shape index (κ2) is 6.82. The van der Waals surface area contributed by atoms with Crippen molar-refractivity contribution in [2.24, 2.45) is 0 Å². The Morgan fingerprint density at radius 3 is 2.55 bits per heavy atom. The van der Waals surface area contributed by atoms with Crippen LogP contribution in [0.4, 0.5) is 4.39 Å². The van der Waals surface area contributed by atoms with E-state index in [-0.39, 0.29) is 24.3 Å². The summed E-state index contributed by atoms with van der Waals surface area (Å²) in [5, 5.41) is 1.22. The molecule has 3 aromatic rings. The van der Waals surface area contributed by atoms with Gasteiger partial charge in [0.1, 0.15) is 11.9 Å². The standard InChI is InChI=1S/C17H16BrFN2.ClH/c1-10-14(15-8-12(18)4-7-17(15)21-10)9-16(20)11-2-5-13(19)6-3-11;/h2-8,16,21H,9,20H2,1H3;1H. The summed E-state index contributed by atoms with van der Waals surface area (Å²) in [7, 11) is 0. The quantitative estimate of drug-likeness (QED) is 0.675. The van der Waals surface area contributed by atoms with Gasteiger partial charge < -0.3 is 23.1 Å². The molecule has 0 aliphatic rings. The topological polar surface area (TPSA) is 43.4 Å². The summed E-state index contributed by atoms with van der Waals surface area (Å²) in [5.74, 6) is -0.210. The average molecular weight is 384 g/mol. The second-order valence-corrected chi connectivity index (χ2v) is 6.29. The molecule has 0 radical (unpaired) electrons. The van der Waals surface area contributed by atoms with Crippen molar-refractivity contribution in [3.05, 3.63) is 69.6 Å². The monoisotopic (exact) mass is 382 g/mol. The second-order valence-electron chi connectivity index (χ2n) is 5.37. The van der Waals surface area contributed by atoms with Gasteiger partial charge >= 0.3 is 0 Å². The first-order valence-corrected chi connectivity index (χ1v) is 7.69. The zero-order chi connectivity index (χ0) is 15.0. The number of quaternary nitrogens is 1. The SMILES string of the molecule is Cc1[nH]c2ccc(Br)cc2c1CC([NH3+])c1ccc(F)cc1.[Cl-]. The number of nitrogens with one attached hydrogen (secondary N) is 1. The van der Waals surface area contributed by atoms with Gasteiger partial charge in [0.2, 0.25) is 0 Å². The molecular formula is C17H17BrClFN2. The number of hydrogen-bond acceptors (Lipinski definition) is 0. The molecule has 1 aromatic heterocycles. The highest BCUT2D eigenvalue weighted by Crippen LogP contribution is 2.28.